The molecule has 1 aromatic rings. The lowest BCUT2D eigenvalue weighted by Crippen LogP contribution is -2.46. The second-order valence-corrected chi connectivity index (χ2v) is 5.48. The third-order valence-electron chi connectivity index (χ3n) is 4.53. The SMILES string of the molecule is Cc1ccc(F)c2c1OC[C@H]1CCCCC21C=O. The molecule has 0 aromatic heterocycles. The minimum atomic E-state index is -0.651. The van der Waals surface area contributed by atoms with Crippen molar-refractivity contribution in [2.24, 2.45) is 5.92 Å². The topological polar surface area (TPSA) is 26.3 Å². The lowest BCUT2D eigenvalue weighted by Gasteiger charge is -2.44. The first kappa shape index (κ1) is 11.7. The van der Waals surface area contributed by atoms with Gasteiger partial charge in [-0.05, 0) is 31.4 Å². The molecule has 0 N–H and O–H groups in total. The van der Waals surface area contributed by atoms with Crippen molar-refractivity contribution in [1.29, 1.82) is 0 Å². The molecule has 0 radical (unpaired) electrons. The fourth-order valence-corrected chi connectivity index (χ4v) is 3.51. The number of aldehydes is 1. The molecule has 18 heavy (non-hydrogen) atoms. The first-order valence-corrected chi connectivity index (χ1v) is 6.58. The van der Waals surface area contributed by atoms with E-state index in [-0.39, 0.29) is 11.7 Å². The smallest absolute Gasteiger partial charge is 0.131 e. The van der Waals surface area contributed by atoms with Gasteiger partial charge in [0.15, 0.2) is 0 Å². The van der Waals surface area contributed by atoms with Gasteiger partial charge < -0.3 is 9.53 Å². The number of hydrogen-bond acceptors (Lipinski definition) is 2. The number of ether oxygens (including phenoxy) is 1. The van der Waals surface area contributed by atoms with Crippen LogP contribution >= 0.6 is 0 Å². The summed E-state index contributed by atoms with van der Waals surface area (Å²) >= 11 is 0. The Bertz CT molecular complexity index is 498. The maximum absolute atomic E-state index is 14.2. The summed E-state index contributed by atoms with van der Waals surface area (Å²) in [6.45, 7) is 2.44. The maximum Gasteiger partial charge on any atom is 0.131 e. The Morgan fingerprint density at radius 1 is 1.44 bits per heavy atom. The number of halogens is 1. The summed E-state index contributed by atoms with van der Waals surface area (Å²) in [5, 5.41) is 0. The normalized spacial score (nSPS) is 30.0. The van der Waals surface area contributed by atoms with E-state index in [9.17, 15) is 9.18 Å². The molecule has 1 unspecified atom stereocenters. The zero-order valence-electron chi connectivity index (χ0n) is 10.5. The van der Waals surface area contributed by atoms with Gasteiger partial charge in [0, 0.05) is 11.5 Å². The molecule has 3 heteroatoms. The zero-order valence-corrected chi connectivity index (χ0v) is 10.5. The standard InChI is InChI=1S/C15H17FO2/c1-10-5-6-12(16)13-14(10)18-8-11-4-2-3-7-15(11,13)9-17/h5-6,9,11H,2-4,7-8H2,1H3/t11-,15?/m1/s1. The molecule has 0 spiro atoms. The Labute approximate surface area is 106 Å². The van der Waals surface area contributed by atoms with Crippen LogP contribution in [0.15, 0.2) is 12.1 Å². The van der Waals surface area contributed by atoms with Crippen LogP contribution in [-0.2, 0) is 10.2 Å². The number of carbonyl (C=O) groups is 1. The molecule has 0 amide bonds. The van der Waals surface area contributed by atoms with E-state index in [0.717, 1.165) is 37.5 Å². The predicted octanol–water partition coefficient (Wildman–Crippen LogP) is 3.15. The van der Waals surface area contributed by atoms with E-state index in [4.69, 9.17) is 4.74 Å². The number of benzene rings is 1. The molecule has 3 rings (SSSR count). The molecule has 1 aromatic carbocycles. The first-order chi connectivity index (χ1) is 8.69. The second-order valence-electron chi connectivity index (χ2n) is 5.48. The van der Waals surface area contributed by atoms with Crippen LogP contribution in [0.2, 0.25) is 0 Å². The Hall–Kier alpha value is -1.38. The predicted molar refractivity (Wildman–Crippen MR) is 66.3 cm³/mol. The Morgan fingerprint density at radius 3 is 3.06 bits per heavy atom. The molecular formula is C15H17FO2. The minimum Gasteiger partial charge on any atom is -0.493 e. The van der Waals surface area contributed by atoms with Crippen molar-refractivity contribution >= 4 is 6.29 Å². The summed E-state index contributed by atoms with van der Waals surface area (Å²) in [7, 11) is 0. The maximum atomic E-state index is 14.2. The van der Waals surface area contributed by atoms with E-state index in [1.54, 1.807) is 6.07 Å². The van der Waals surface area contributed by atoms with Gasteiger partial charge in [-0.15, -0.1) is 0 Å². The first-order valence-electron chi connectivity index (χ1n) is 6.58. The van der Waals surface area contributed by atoms with Crippen LogP contribution in [0.4, 0.5) is 4.39 Å². The van der Waals surface area contributed by atoms with E-state index in [2.05, 4.69) is 0 Å². The quantitative estimate of drug-likeness (QED) is 0.714. The zero-order chi connectivity index (χ0) is 12.8. The summed E-state index contributed by atoms with van der Waals surface area (Å²) in [6.07, 6.45) is 4.76. The van der Waals surface area contributed by atoms with Gasteiger partial charge in [0.2, 0.25) is 0 Å². The third-order valence-corrected chi connectivity index (χ3v) is 4.53. The van der Waals surface area contributed by atoms with E-state index < -0.39 is 5.41 Å². The van der Waals surface area contributed by atoms with Crippen molar-refractivity contribution in [3.05, 3.63) is 29.1 Å². The van der Waals surface area contributed by atoms with Gasteiger partial charge in [-0.2, -0.15) is 0 Å². The average Bonchev–Trinajstić information content (AvgIpc) is 2.42. The number of carbonyl (C=O) groups excluding carboxylic acids is 1. The van der Waals surface area contributed by atoms with Crippen molar-refractivity contribution in [2.45, 2.75) is 38.0 Å². The van der Waals surface area contributed by atoms with Crippen LogP contribution < -0.4 is 4.74 Å². The molecule has 1 aliphatic carbocycles. The van der Waals surface area contributed by atoms with Gasteiger partial charge in [0.25, 0.3) is 0 Å². The van der Waals surface area contributed by atoms with Crippen molar-refractivity contribution in [1.82, 2.24) is 0 Å². The van der Waals surface area contributed by atoms with Crippen LogP contribution in [0.5, 0.6) is 5.75 Å². The molecule has 1 heterocycles. The Kier molecular flexibility index (Phi) is 2.65. The number of hydrogen-bond donors (Lipinski definition) is 0. The van der Waals surface area contributed by atoms with Gasteiger partial charge in [-0.1, -0.05) is 18.9 Å². The fourth-order valence-electron chi connectivity index (χ4n) is 3.51. The molecular weight excluding hydrogens is 231 g/mol. The van der Waals surface area contributed by atoms with Gasteiger partial charge >= 0.3 is 0 Å². The number of rotatable bonds is 1. The molecule has 0 bridgehead atoms. The van der Waals surface area contributed by atoms with E-state index >= 15 is 0 Å². The Morgan fingerprint density at radius 2 is 2.28 bits per heavy atom. The van der Waals surface area contributed by atoms with Crippen LogP contribution in [0.1, 0.15) is 36.8 Å². The summed E-state index contributed by atoms with van der Waals surface area (Å²) in [5.74, 6) is 0.433. The highest BCUT2D eigenvalue weighted by molar-refractivity contribution is 5.73. The van der Waals surface area contributed by atoms with Crippen molar-refractivity contribution in [3.8, 4) is 5.75 Å². The van der Waals surface area contributed by atoms with Crippen molar-refractivity contribution < 1.29 is 13.9 Å². The summed E-state index contributed by atoms with van der Waals surface area (Å²) in [4.78, 5) is 11.7. The summed E-state index contributed by atoms with van der Waals surface area (Å²) in [6, 6.07) is 3.18. The van der Waals surface area contributed by atoms with E-state index in [1.807, 2.05) is 6.92 Å². The molecule has 1 fully saturated rings. The summed E-state index contributed by atoms with van der Waals surface area (Å²) < 4.78 is 19.9. The molecule has 96 valence electrons. The van der Waals surface area contributed by atoms with Crippen LogP contribution in [0.3, 0.4) is 0 Å². The Balaban J connectivity index is 2.24. The van der Waals surface area contributed by atoms with E-state index in [0.29, 0.717) is 17.9 Å². The molecule has 2 nitrogen and oxygen atoms in total. The molecule has 2 aliphatic rings. The number of aryl methyl sites for hydroxylation is 1. The number of fused-ring (bicyclic) bond motifs is 3. The van der Waals surface area contributed by atoms with Gasteiger partial charge in [0.05, 0.1) is 12.0 Å². The van der Waals surface area contributed by atoms with Crippen LogP contribution in [-0.4, -0.2) is 12.9 Å². The summed E-state index contributed by atoms with van der Waals surface area (Å²) in [5.41, 5.74) is 0.771. The van der Waals surface area contributed by atoms with Crippen molar-refractivity contribution in [2.75, 3.05) is 6.61 Å². The lowest BCUT2D eigenvalue weighted by molar-refractivity contribution is -0.117. The lowest BCUT2D eigenvalue weighted by atomic mass is 9.62. The van der Waals surface area contributed by atoms with Crippen LogP contribution in [0, 0.1) is 18.7 Å². The minimum absolute atomic E-state index is 0.132. The van der Waals surface area contributed by atoms with Crippen molar-refractivity contribution in [3.63, 3.8) is 0 Å². The van der Waals surface area contributed by atoms with Crippen LogP contribution in [0.25, 0.3) is 0 Å². The van der Waals surface area contributed by atoms with Gasteiger partial charge in [-0.25, -0.2) is 4.39 Å². The molecule has 2 atom stereocenters. The average molecular weight is 248 g/mol. The highest BCUT2D eigenvalue weighted by Gasteiger charge is 2.48. The van der Waals surface area contributed by atoms with E-state index in [1.165, 1.54) is 6.07 Å². The molecule has 1 saturated carbocycles. The highest BCUT2D eigenvalue weighted by atomic mass is 19.1. The second kappa shape index (κ2) is 4.08. The largest absolute Gasteiger partial charge is 0.493 e. The molecule has 1 aliphatic heterocycles. The molecule has 0 saturated heterocycles. The highest BCUT2D eigenvalue weighted by Crippen LogP contribution is 2.50. The van der Waals surface area contributed by atoms with Gasteiger partial charge in [-0.3, -0.25) is 0 Å². The monoisotopic (exact) mass is 248 g/mol. The fraction of sp³-hybridized carbons (Fsp3) is 0.533. The third kappa shape index (κ3) is 1.43. The van der Waals surface area contributed by atoms with Gasteiger partial charge in [0.1, 0.15) is 17.9 Å².